The van der Waals surface area contributed by atoms with Crippen molar-refractivity contribution >= 4 is 48.9 Å². The lowest BCUT2D eigenvalue weighted by Crippen LogP contribution is -2.21. The van der Waals surface area contributed by atoms with Gasteiger partial charge >= 0.3 is 0 Å². The molecule has 188 valence electrons. The van der Waals surface area contributed by atoms with Gasteiger partial charge in [0.05, 0.1) is 0 Å². The highest BCUT2D eigenvalue weighted by Crippen LogP contribution is 2.50. The van der Waals surface area contributed by atoms with Crippen molar-refractivity contribution in [1.29, 1.82) is 0 Å². The maximum absolute atomic E-state index is 3.76. The average molecular weight is 615 g/mol. The molecule has 7 rings (SSSR count). The van der Waals surface area contributed by atoms with Gasteiger partial charge in [-0.1, -0.05) is 62.2 Å². The number of hydrogen-bond donors (Lipinski definition) is 0. The highest BCUT2D eigenvalue weighted by atomic mass is 79.9. The molecule has 37 heavy (non-hydrogen) atoms. The number of benzene rings is 4. The molecule has 1 nitrogen and oxygen atoms in total. The standard InChI is InChI=1S/C34H33Br2N/c1-20-15-29(16-21(2)33(20)35)37(30-17-22(3)34(36)23(4)18-30)28-12-9-24(10-13-28)27-11-14-31-25-5-7-26(8-6-25)32(31)19-27/h9-19,25-26H,5-8H2,1-4H3. The minimum absolute atomic E-state index is 0.766. The molecule has 4 aromatic rings. The van der Waals surface area contributed by atoms with Gasteiger partial charge in [0.25, 0.3) is 0 Å². The van der Waals surface area contributed by atoms with Gasteiger partial charge in [0.2, 0.25) is 0 Å². The SMILES string of the molecule is Cc1cc(N(c2ccc(-c3ccc4c(c3)C3CCC4CC3)cc2)c2cc(C)c(Br)c(C)c2)cc(C)c1Br. The van der Waals surface area contributed by atoms with Crippen molar-refractivity contribution in [2.45, 2.75) is 65.2 Å². The van der Waals surface area contributed by atoms with E-state index in [0.717, 1.165) is 11.8 Å². The Morgan fingerprint density at radius 3 is 1.43 bits per heavy atom. The molecule has 4 aromatic carbocycles. The van der Waals surface area contributed by atoms with Gasteiger partial charge in [-0.15, -0.1) is 0 Å². The first-order chi connectivity index (χ1) is 17.8. The molecular weight excluding hydrogens is 582 g/mol. The van der Waals surface area contributed by atoms with Crippen LogP contribution in [0.25, 0.3) is 11.1 Å². The zero-order valence-corrected chi connectivity index (χ0v) is 25.2. The zero-order chi connectivity index (χ0) is 25.8. The molecule has 1 saturated carbocycles. The highest BCUT2D eigenvalue weighted by molar-refractivity contribution is 9.10. The summed E-state index contributed by atoms with van der Waals surface area (Å²) in [5.41, 5.74) is 14.4. The fourth-order valence-corrected chi connectivity index (χ4v) is 7.01. The first-order valence-corrected chi connectivity index (χ1v) is 15.0. The second-order valence-electron chi connectivity index (χ2n) is 11.1. The largest absolute Gasteiger partial charge is 0.310 e. The monoisotopic (exact) mass is 613 g/mol. The second kappa shape index (κ2) is 9.75. The van der Waals surface area contributed by atoms with Crippen LogP contribution >= 0.6 is 31.9 Å². The molecule has 0 amide bonds. The predicted molar refractivity (Wildman–Crippen MR) is 165 cm³/mol. The molecule has 0 heterocycles. The van der Waals surface area contributed by atoms with E-state index >= 15 is 0 Å². The van der Waals surface area contributed by atoms with Crippen LogP contribution in [0, 0.1) is 27.7 Å². The Morgan fingerprint density at radius 1 is 0.514 bits per heavy atom. The molecule has 0 N–H and O–H groups in total. The molecule has 3 aliphatic carbocycles. The molecule has 3 aliphatic rings. The van der Waals surface area contributed by atoms with Crippen LogP contribution in [0.1, 0.15) is 70.9 Å². The van der Waals surface area contributed by atoms with E-state index in [4.69, 9.17) is 0 Å². The number of anilines is 3. The van der Waals surface area contributed by atoms with Crippen LogP contribution in [-0.4, -0.2) is 0 Å². The highest BCUT2D eigenvalue weighted by Gasteiger charge is 2.32. The van der Waals surface area contributed by atoms with Gasteiger partial charge in [0.1, 0.15) is 0 Å². The Hall–Kier alpha value is -2.36. The lowest BCUT2D eigenvalue weighted by Gasteiger charge is -2.38. The Kier molecular flexibility index (Phi) is 6.57. The summed E-state index contributed by atoms with van der Waals surface area (Å²) >= 11 is 7.51. The Morgan fingerprint density at radius 2 is 0.946 bits per heavy atom. The van der Waals surface area contributed by atoms with E-state index in [2.05, 4.69) is 131 Å². The summed E-state index contributed by atoms with van der Waals surface area (Å²) in [6, 6.07) is 25.5. The third-order valence-electron chi connectivity index (χ3n) is 8.51. The van der Waals surface area contributed by atoms with Crippen molar-refractivity contribution in [3.63, 3.8) is 0 Å². The molecule has 1 fully saturated rings. The molecule has 2 bridgehead atoms. The summed E-state index contributed by atoms with van der Waals surface area (Å²) in [7, 11) is 0. The smallest absolute Gasteiger partial charge is 0.0467 e. The number of halogens is 2. The van der Waals surface area contributed by atoms with Crippen molar-refractivity contribution in [3.05, 3.63) is 109 Å². The van der Waals surface area contributed by atoms with Gasteiger partial charge in [-0.25, -0.2) is 0 Å². The van der Waals surface area contributed by atoms with E-state index in [-0.39, 0.29) is 0 Å². The topological polar surface area (TPSA) is 3.24 Å². The van der Waals surface area contributed by atoms with Crippen molar-refractivity contribution in [1.82, 2.24) is 0 Å². The van der Waals surface area contributed by atoms with Crippen LogP contribution in [0.5, 0.6) is 0 Å². The van der Waals surface area contributed by atoms with Crippen molar-refractivity contribution in [3.8, 4) is 11.1 Å². The van der Waals surface area contributed by atoms with E-state index in [1.54, 1.807) is 11.1 Å². The van der Waals surface area contributed by atoms with Crippen molar-refractivity contribution < 1.29 is 0 Å². The zero-order valence-electron chi connectivity index (χ0n) is 22.0. The van der Waals surface area contributed by atoms with Gasteiger partial charge in [-0.2, -0.15) is 0 Å². The number of aryl methyl sites for hydroxylation is 4. The lowest BCUT2D eigenvalue weighted by molar-refractivity contribution is 0.359. The Bertz CT molecular complexity index is 1390. The van der Waals surface area contributed by atoms with E-state index in [0.29, 0.717) is 0 Å². The van der Waals surface area contributed by atoms with Crippen LogP contribution in [0.2, 0.25) is 0 Å². The van der Waals surface area contributed by atoms with Crippen LogP contribution in [0.15, 0.2) is 75.7 Å². The van der Waals surface area contributed by atoms with Gasteiger partial charge < -0.3 is 4.90 Å². The summed E-state index contributed by atoms with van der Waals surface area (Å²) in [4.78, 5) is 2.38. The molecular formula is C34H33Br2N. The van der Waals surface area contributed by atoms with Crippen molar-refractivity contribution in [2.24, 2.45) is 0 Å². The Balaban J connectivity index is 1.42. The third-order valence-corrected chi connectivity index (χ3v) is 11.0. The fraction of sp³-hybridized carbons (Fsp3) is 0.294. The quantitative estimate of drug-likeness (QED) is 0.221. The van der Waals surface area contributed by atoms with Crippen LogP contribution < -0.4 is 4.90 Å². The van der Waals surface area contributed by atoms with Gasteiger partial charge in [-0.3, -0.25) is 0 Å². The van der Waals surface area contributed by atoms with Crippen molar-refractivity contribution in [2.75, 3.05) is 4.90 Å². The molecule has 0 aliphatic heterocycles. The number of fused-ring (bicyclic) bond motifs is 2. The minimum Gasteiger partial charge on any atom is -0.310 e. The van der Waals surface area contributed by atoms with Gasteiger partial charge in [0, 0.05) is 26.0 Å². The molecule has 0 aromatic heterocycles. The van der Waals surface area contributed by atoms with Crippen LogP contribution in [-0.2, 0) is 0 Å². The minimum atomic E-state index is 0.766. The summed E-state index contributed by atoms with van der Waals surface area (Å²) in [6.45, 7) is 8.68. The lowest BCUT2D eigenvalue weighted by atomic mass is 9.66. The first kappa shape index (κ1) is 24.9. The molecule has 0 unspecified atom stereocenters. The number of hydrogen-bond acceptors (Lipinski definition) is 1. The number of nitrogens with zero attached hydrogens (tertiary/aromatic N) is 1. The second-order valence-corrected chi connectivity index (χ2v) is 12.6. The van der Waals surface area contributed by atoms with Gasteiger partial charge in [0.15, 0.2) is 0 Å². The molecule has 3 heteroatoms. The molecule has 0 atom stereocenters. The van der Waals surface area contributed by atoms with E-state index in [1.807, 2.05) is 0 Å². The first-order valence-electron chi connectivity index (χ1n) is 13.4. The predicted octanol–water partition coefficient (Wildman–Crippen LogP) is 11.3. The summed E-state index contributed by atoms with van der Waals surface area (Å²) in [5, 5.41) is 0. The fourth-order valence-electron chi connectivity index (χ4n) is 6.55. The average Bonchev–Trinajstić information content (AvgIpc) is 2.91. The van der Waals surface area contributed by atoms with E-state index < -0.39 is 0 Å². The van der Waals surface area contributed by atoms with E-state index in [9.17, 15) is 0 Å². The third kappa shape index (κ3) is 4.49. The normalized spacial score (nSPS) is 18.1. The summed E-state index contributed by atoms with van der Waals surface area (Å²) in [6.07, 6.45) is 5.50. The molecule has 0 radical (unpaired) electrons. The van der Waals surface area contributed by atoms with Crippen LogP contribution in [0.4, 0.5) is 17.1 Å². The number of rotatable bonds is 4. The van der Waals surface area contributed by atoms with E-state index in [1.165, 1.54) is 85.1 Å². The maximum Gasteiger partial charge on any atom is 0.0467 e. The molecule has 0 spiro atoms. The van der Waals surface area contributed by atoms with Gasteiger partial charge in [-0.05, 0) is 146 Å². The van der Waals surface area contributed by atoms with Crippen LogP contribution in [0.3, 0.4) is 0 Å². The molecule has 0 saturated heterocycles. The maximum atomic E-state index is 3.76. The summed E-state index contributed by atoms with van der Waals surface area (Å²) < 4.78 is 2.35. The summed E-state index contributed by atoms with van der Waals surface area (Å²) in [5.74, 6) is 1.56. The Labute approximate surface area is 238 Å².